The molecular weight excluding hydrogens is 232 g/mol. The van der Waals surface area contributed by atoms with E-state index in [1.54, 1.807) is 19.2 Å². The largest absolute Gasteiger partial charge is 0.507 e. The quantitative estimate of drug-likeness (QED) is 0.837. The van der Waals surface area contributed by atoms with Gasteiger partial charge in [0.05, 0.1) is 5.56 Å². The van der Waals surface area contributed by atoms with Crippen molar-refractivity contribution in [3.63, 3.8) is 0 Å². The van der Waals surface area contributed by atoms with E-state index in [2.05, 4.69) is 4.98 Å². The highest BCUT2D eigenvalue weighted by atomic mass is 16.3. The Morgan fingerprint density at radius 3 is 2.56 bits per heavy atom. The summed E-state index contributed by atoms with van der Waals surface area (Å²) in [4.78, 5) is 26.8. The van der Waals surface area contributed by atoms with E-state index in [1.807, 2.05) is 18.2 Å². The summed E-state index contributed by atoms with van der Waals surface area (Å²) in [5.74, 6) is -0.721. The Morgan fingerprint density at radius 2 is 1.94 bits per heavy atom. The average molecular weight is 244 g/mol. The van der Waals surface area contributed by atoms with Crippen molar-refractivity contribution in [1.82, 2.24) is 4.98 Å². The average Bonchev–Trinajstić information content (AvgIpc) is 2.38. The third kappa shape index (κ3) is 2.24. The summed E-state index contributed by atoms with van der Waals surface area (Å²) >= 11 is 0. The smallest absolute Gasteiger partial charge is 0.263 e. The van der Waals surface area contributed by atoms with Gasteiger partial charge in [-0.05, 0) is 12.1 Å². The first-order valence-corrected chi connectivity index (χ1v) is 5.34. The van der Waals surface area contributed by atoms with Gasteiger partial charge in [0.15, 0.2) is 0 Å². The van der Waals surface area contributed by atoms with Crippen LogP contribution >= 0.6 is 0 Å². The molecule has 0 aliphatic rings. The number of benzene rings is 1. The van der Waals surface area contributed by atoms with Gasteiger partial charge in [0.1, 0.15) is 5.75 Å². The number of carbonyl (C=O) groups is 1. The van der Waals surface area contributed by atoms with Gasteiger partial charge in [0.25, 0.3) is 11.5 Å². The Labute approximate surface area is 103 Å². The Bertz CT molecular complexity index is 620. The number of anilines is 1. The third-order valence-electron chi connectivity index (χ3n) is 2.58. The molecule has 0 saturated heterocycles. The van der Waals surface area contributed by atoms with Crippen molar-refractivity contribution in [1.29, 1.82) is 0 Å². The van der Waals surface area contributed by atoms with Crippen LogP contribution in [-0.2, 0) is 0 Å². The van der Waals surface area contributed by atoms with E-state index < -0.39 is 11.5 Å². The number of amides is 1. The van der Waals surface area contributed by atoms with Gasteiger partial charge in [-0.15, -0.1) is 0 Å². The zero-order valence-electron chi connectivity index (χ0n) is 9.75. The van der Waals surface area contributed by atoms with Gasteiger partial charge in [-0.1, -0.05) is 18.2 Å². The Balaban J connectivity index is 2.34. The SMILES string of the molecule is CN(C(=O)c1c[nH]c(=O)cc1O)c1ccccc1. The number of hydrogen-bond donors (Lipinski definition) is 2. The maximum Gasteiger partial charge on any atom is 0.263 e. The van der Waals surface area contributed by atoms with E-state index in [0.29, 0.717) is 5.69 Å². The van der Waals surface area contributed by atoms with Crippen LogP contribution in [0.25, 0.3) is 0 Å². The van der Waals surface area contributed by atoms with Crippen LogP contribution in [0.2, 0.25) is 0 Å². The van der Waals surface area contributed by atoms with Crippen molar-refractivity contribution in [3.05, 3.63) is 58.5 Å². The van der Waals surface area contributed by atoms with Crippen LogP contribution in [-0.4, -0.2) is 23.0 Å². The lowest BCUT2D eigenvalue weighted by Gasteiger charge is -2.17. The molecular formula is C13H12N2O3. The minimum absolute atomic E-state index is 0.0564. The molecule has 2 rings (SSSR count). The van der Waals surface area contributed by atoms with E-state index in [0.717, 1.165) is 6.07 Å². The number of para-hydroxylation sites is 1. The molecule has 5 heteroatoms. The second-order valence-corrected chi connectivity index (χ2v) is 3.80. The fraction of sp³-hybridized carbons (Fsp3) is 0.0769. The molecule has 1 amide bonds. The molecule has 0 atom stereocenters. The first-order chi connectivity index (χ1) is 8.59. The second-order valence-electron chi connectivity index (χ2n) is 3.80. The number of nitrogens with zero attached hydrogens (tertiary/aromatic N) is 1. The molecule has 0 saturated carbocycles. The number of pyridine rings is 1. The van der Waals surface area contributed by atoms with Gasteiger partial charge < -0.3 is 15.0 Å². The molecule has 5 nitrogen and oxygen atoms in total. The van der Waals surface area contributed by atoms with Gasteiger partial charge in [-0.3, -0.25) is 9.59 Å². The van der Waals surface area contributed by atoms with Crippen molar-refractivity contribution < 1.29 is 9.90 Å². The lowest BCUT2D eigenvalue weighted by Crippen LogP contribution is -2.27. The van der Waals surface area contributed by atoms with Gasteiger partial charge in [0, 0.05) is 25.0 Å². The van der Waals surface area contributed by atoms with Gasteiger partial charge >= 0.3 is 0 Å². The summed E-state index contributed by atoms with van der Waals surface area (Å²) in [6, 6.07) is 10.0. The van der Waals surface area contributed by atoms with E-state index in [4.69, 9.17) is 0 Å². The van der Waals surface area contributed by atoms with Gasteiger partial charge in [0.2, 0.25) is 0 Å². The first-order valence-electron chi connectivity index (χ1n) is 5.34. The highest BCUT2D eigenvalue weighted by molar-refractivity contribution is 6.07. The molecule has 0 spiro atoms. The Kier molecular flexibility index (Phi) is 3.14. The number of hydrogen-bond acceptors (Lipinski definition) is 3. The predicted molar refractivity (Wildman–Crippen MR) is 67.9 cm³/mol. The molecule has 0 fully saturated rings. The first kappa shape index (κ1) is 11.9. The second kappa shape index (κ2) is 4.75. The summed E-state index contributed by atoms with van der Waals surface area (Å²) in [6.07, 6.45) is 1.21. The highest BCUT2D eigenvalue weighted by Gasteiger charge is 2.17. The number of aromatic amines is 1. The molecule has 0 bridgehead atoms. The van der Waals surface area contributed by atoms with Crippen LogP contribution < -0.4 is 10.5 Å². The Morgan fingerprint density at radius 1 is 1.28 bits per heavy atom. The number of aromatic hydroxyl groups is 1. The number of carbonyl (C=O) groups excluding carboxylic acids is 1. The molecule has 1 heterocycles. The van der Waals surface area contributed by atoms with Crippen molar-refractivity contribution in [2.75, 3.05) is 11.9 Å². The van der Waals surface area contributed by atoms with Crippen LogP contribution in [0.15, 0.2) is 47.4 Å². The summed E-state index contributed by atoms with van der Waals surface area (Å²) in [5, 5.41) is 9.59. The maximum atomic E-state index is 12.1. The molecule has 1 aromatic carbocycles. The normalized spacial score (nSPS) is 10.1. The van der Waals surface area contributed by atoms with E-state index in [9.17, 15) is 14.7 Å². The summed E-state index contributed by atoms with van der Waals surface area (Å²) in [6.45, 7) is 0. The zero-order valence-corrected chi connectivity index (χ0v) is 9.75. The summed E-state index contributed by atoms with van der Waals surface area (Å²) in [7, 11) is 1.60. The van der Waals surface area contributed by atoms with Crippen LogP contribution in [0.3, 0.4) is 0 Å². The zero-order chi connectivity index (χ0) is 13.1. The predicted octanol–water partition coefficient (Wildman–Crippen LogP) is 1.36. The lowest BCUT2D eigenvalue weighted by atomic mass is 10.2. The van der Waals surface area contributed by atoms with Crippen molar-refractivity contribution in [2.45, 2.75) is 0 Å². The molecule has 18 heavy (non-hydrogen) atoms. The van der Waals surface area contributed by atoms with Crippen LogP contribution in [0.4, 0.5) is 5.69 Å². The van der Waals surface area contributed by atoms with E-state index in [1.165, 1.54) is 11.1 Å². The summed E-state index contributed by atoms with van der Waals surface area (Å²) in [5.41, 5.74) is 0.306. The van der Waals surface area contributed by atoms with Crippen LogP contribution in [0, 0.1) is 0 Å². The van der Waals surface area contributed by atoms with Crippen LogP contribution in [0.1, 0.15) is 10.4 Å². The molecule has 1 aromatic heterocycles. The minimum Gasteiger partial charge on any atom is -0.507 e. The number of aromatic nitrogens is 1. The fourth-order valence-electron chi connectivity index (χ4n) is 1.58. The number of rotatable bonds is 2. The fourth-order valence-corrected chi connectivity index (χ4v) is 1.58. The number of H-pyrrole nitrogens is 1. The minimum atomic E-state index is -0.452. The van der Waals surface area contributed by atoms with Gasteiger partial charge in [-0.2, -0.15) is 0 Å². The van der Waals surface area contributed by atoms with Crippen molar-refractivity contribution in [2.24, 2.45) is 0 Å². The van der Waals surface area contributed by atoms with Crippen LogP contribution in [0.5, 0.6) is 5.75 Å². The summed E-state index contributed by atoms with van der Waals surface area (Å²) < 4.78 is 0. The van der Waals surface area contributed by atoms with Crippen molar-refractivity contribution in [3.8, 4) is 5.75 Å². The maximum absolute atomic E-state index is 12.1. The van der Waals surface area contributed by atoms with E-state index in [-0.39, 0.29) is 11.3 Å². The third-order valence-corrected chi connectivity index (χ3v) is 2.58. The standard InChI is InChI=1S/C13H12N2O3/c1-15(9-5-3-2-4-6-9)13(18)10-8-14-12(17)7-11(10)16/h2-8H,1H3,(H2,14,16,17). The molecule has 2 aromatic rings. The molecule has 0 aliphatic carbocycles. The topological polar surface area (TPSA) is 73.4 Å². The van der Waals surface area contributed by atoms with E-state index >= 15 is 0 Å². The molecule has 0 radical (unpaired) electrons. The molecule has 0 aliphatic heterocycles. The molecule has 2 N–H and O–H groups in total. The van der Waals surface area contributed by atoms with Crippen molar-refractivity contribution >= 4 is 11.6 Å². The lowest BCUT2D eigenvalue weighted by molar-refractivity contribution is 0.0990. The molecule has 0 unspecified atom stereocenters. The molecule has 92 valence electrons. The Hall–Kier alpha value is -2.56. The monoisotopic (exact) mass is 244 g/mol. The number of nitrogens with one attached hydrogen (secondary N) is 1. The highest BCUT2D eigenvalue weighted by Crippen LogP contribution is 2.19. The van der Waals surface area contributed by atoms with Gasteiger partial charge in [-0.25, -0.2) is 0 Å².